The summed E-state index contributed by atoms with van der Waals surface area (Å²) in [5.74, 6) is 1.07. The molecule has 0 spiro atoms. The molecule has 18 heavy (non-hydrogen) atoms. The number of hydrogen-bond donors (Lipinski definition) is 1. The highest BCUT2D eigenvalue weighted by Crippen LogP contribution is 2.32. The van der Waals surface area contributed by atoms with Gasteiger partial charge in [-0.3, -0.25) is 4.79 Å². The van der Waals surface area contributed by atoms with Crippen molar-refractivity contribution in [2.45, 2.75) is 25.7 Å². The molecule has 1 aromatic rings. The molecular weight excluding hydrogens is 248 g/mol. The van der Waals surface area contributed by atoms with Gasteiger partial charge in [0.2, 0.25) is 5.91 Å². The van der Waals surface area contributed by atoms with Gasteiger partial charge in [0.15, 0.2) is 0 Å². The molecule has 1 fully saturated rings. The number of anilines is 1. The molecule has 2 N–H and O–H groups in total. The zero-order valence-electron chi connectivity index (χ0n) is 10.8. The maximum atomic E-state index is 11.9. The van der Waals surface area contributed by atoms with Crippen LogP contribution in [0, 0.1) is 5.92 Å². The molecule has 3 nitrogen and oxygen atoms in total. The van der Waals surface area contributed by atoms with Crippen LogP contribution in [0.2, 0.25) is 0 Å². The zero-order valence-corrected chi connectivity index (χ0v) is 11.6. The van der Waals surface area contributed by atoms with Crippen LogP contribution in [0.5, 0.6) is 0 Å². The number of benzene rings is 1. The van der Waals surface area contributed by atoms with Crippen LogP contribution in [-0.2, 0) is 11.2 Å². The van der Waals surface area contributed by atoms with E-state index in [-0.39, 0.29) is 18.3 Å². The third kappa shape index (κ3) is 4.57. The second-order valence-electron chi connectivity index (χ2n) is 4.97. The largest absolute Gasteiger partial charge is 0.399 e. The lowest BCUT2D eigenvalue weighted by atomic mass is 10.1. The van der Waals surface area contributed by atoms with Gasteiger partial charge < -0.3 is 10.6 Å². The minimum atomic E-state index is 0. The van der Waals surface area contributed by atoms with E-state index in [1.807, 2.05) is 36.2 Å². The molecule has 0 aromatic heterocycles. The van der Waals surface area contributed by atoms with Gasteiger partial charge in [-0.1, -0.05) is 25.0 Å². The average Bonchev–Trinajstić information content (AvgIpc) is 3.13. The van der Waals surface area contributed by atoms with E-state index in [1.165, 1.54) is 12.8 Å². The van der Waals surface area contributed by atoms with Crippen molar-refractivity contribution < 1.29 is 4.79 Å². The van der Waals surface area contributed by atoms with E-state index in [4.69, 9.17) is 5.73 Å². The molecular formula is C14H21ClN2O. The van der Waals surface area contributed by atoms with Gasteiger partial charge in [0.1, 0.15) is 0 Å². The molecule has 4 heteroatoms. The van der Waals surface area contributed by atoms with Gasteiger partial charge in [0.05, 0.1) is 6.42 Å². The minimum absolute atomic E-state index is 0. The fourth-order valence-electron chi connectivity index (χ4n) is 1.85. The summed E-state index contributed by atoms with van der Waals surface area (Å²) in [5.41, 5.74) is 7.38. The first-order valence-electron chi connectivity index (χ1n) is 6.23. The molecule has 0 aliphatic heterocycles. The first-order valence-corrected chi connectivity index (χ1v) is 6.23. The Labute approximate surface area is 115 Å². The van der Waals surface area contributed by atoms with Gasteiger partial charge in [-0.15, -0.1) is 12.4 Å². The average molecular weight is 269 g/mol. The highest BCUT2D eigenvalue weighted by atomic mass is 35.5. The van der Waals surface area contributed by atoms with Crippen molar-refractivity contribution in [3.05, 3.63) is 29.8 Å². The zero-order chi connectivity index (χ0) is 12.3. The van der Waals surface area contributed by atoms with Crippen molar-refractivity contribution in [1.29, 1.82) is 0 Å². The van der Waals surface area contributed by atoms with Crippen molar-refractivity contribution in [2.75, 3.05) is 19.3 Å². The van der Waals surface area contributed by atoms with E-state index in [0.29, 0.717) is 6.42 Å². The Kier molecular flexibility index (Phi) is 5.48. The molecule has 2 rings (SSSR count). The second kappa shape index (κ2) is 6.64. The Hall–Kier alpha value is -1.22. The highest BCUT2D eigenvalue weighted by Gasteiger charge is 2.22. The van der Waals surface area contributed by atoms with Crippen LogP contribution in [0.25, 0.3) is 0 Å². The SMILES string of the molecule is CN(CCC1CC1)C(=O)Cc1ccc(N)cc1.Cl. The molecule has 100 valence electrons. The van der Waals surface area contributed by atoms with E-state index in [9.17, 15) is 4.79 Å². The topological polar surface area (TPSA) is 46.3 Å². The van der Waals surface area contributed by atoms with Crippen LogP contribution < -0.4 is 5.73 Å². The van der Waals surface area contributed by atoms with E-state index >= 15 is 0 Å². The first-order chi connectivity index (χ1) is 8.15. The third-order valence-corrected chi connectivity index (χ3v) is 3.33. The lowest BCUT2D eigenvalue weighted by Gasteiger charge is -2.17. The molecule has 0 heterocycles. The van der Waals surface area contributed by atoms with E-state index in [0.717, 1.165) is 30.1 Å². The summed E-state index contributed by atoms with van der Waals surface area (Å²) in [6.45, 7) is 0.887. The van der Waals surface area contributed by atoms with Gasteiger partial charge in [0, 0.05) is 19.3 Å². The summed E-state index contributed by atoms with van der Waals surface area (Å²) in [5, 5.41) is 0. The van der Waals surface area contributed by atoms with Gasteiger partial charge in [-0.2, -0.15) is 0 Å². The molecule has 1 aliphatic rings. The van der Waals surface area contributed by atoms with Gasteiger partial charge in [-0.05, 0) is 30.0 Å². The van der Waals surface area contributed by atoms with Gasteiger partial charge >= 0.3 is 0 Å². The highest BCUT2D eigenvalue weighted by molar-refractivity contribution is 5.85. The number of amides is 1. The van der Waals surface area contributed by atoms with Crippen LogP contribution in [0.15, 0.2) is 24.3 Å². The van der Waals surface area contributed by atoms with E-state index in [1.54, 1.807) is 0 Å². The number of nitrogen functional groups attached to an aromatic ring is 1. The predicted molar refractivity (Wildman–Crippen MR) is 76.8 cm³/mol. The fourth-order valence-corrected chi connectivity index (χ4v) is 1.85. The number of carbonyl (C=O) groups excluding carboxylic acids is 1. The number of nitrogens with two attached hydrogens (primary N) is 1. The number of nitrogens with zero attached hydrogens (tertiary/aromatic N) is 1. The van der Waals surface area contributed by atoms with Crippen molar-refractivity contribution in [3.63, 3.8) is 0 Å². The fraction of sp³-hybridized carbons (Fsp3) is 0.500. The molecule has 1 aliphatic carbocycles. The van der Waals surface area contributed by atoms with Crippen molar-refractivity contribution >= 4 is 24.0 Å². The standard InChI is InChI=1S/C14H20N2O.ClH/c1-16(9-8-11-2-3-11)14(17)10-12-4-6-13(15)7-5-12;/h4-7,11H,2-3,8-10,15H2,1H3;1H. The molecule has 0 saturated heterocycles. The van der Waals surface area contributed by atoms with E-state index < -0.39 is 0 Å². The number of halogens is 1. The van der Waals surface area contributed by atoms with Crippen molar-refractivity contribution in [3.8, 4) is 0 Å². The molecule has 0 unspecified atom stereocenters. The Bertz CT molecular complexity index is 387. The quantitative estimate of drug-likeness (QED) is 0.834. The van der Waals surface area contributed by atoms with Gasteiger partial charge in [-0.25, -0.2) is 0 Å². The summed E-state index contributed by atoms with van der Waals surface area (Å²) < 4.78 is 0. The second-order valence-corrected chi connectivity index (χ2v) is 4.97. The van der Waals surface area contributed by atoms with Crippen molar-refractivity contribution in [1.82, 2.24) is 4.90 Å². The van der Waals surface area contributed by atoms with Crippen LogP contribution >= 0.6 is 12.4 Å². The maximum Gasteiger partial charge on any atom is 0.226 e. The molecule has 1 saturated carbocycles. The Balaban J connectivity index is 0.00000162. The summed E-state index contributed by atoms with van der Waals surface area (Å²) in [6.07, 6.45) is 4.32. The number of likely N-dealkylation sites (N-methyl/N-ethyl adjacent to an activating group) is 1. The number of rotatable bonds is 5. The smallest absolute Gasteiger partial charge is 0.226 e. The molecule has 1 amide bonds. The Morgan fingerprint density at radius 1 is 1.33 bits per heavy atom. The number of hydrogen-bond acceptors (Lipinski definition) is 2. The van der Waals surface area contributed by atoms with Crippen LogP contribution in [0.3, 0.4) is 0 Å². The summed E-state index contributed by atoms with van der Waals surface area (Å²) >= 11 is 0. The predicted octanol–water partition coefficient (Wildman–Crippen LogP) is 2.49. The van der Waals surface area contributed by atoms with Crippen LogP contribution in [0.1, 0.15) is 24.8 Å². The molecule has 0 bridgehead atoms. The normalized spacial score (nSPS) is 13.8. The summed E-state index contributed by atoms with van der Waals surface area (Å²) in [6, 6.07) is 7.52. The van der Waals surface area contributed by atoms with Crippen LogP contribution in [0.4, 0.5) is 5.69 Å². The van der Waals surface area contributed by atoms with Crippen LogP contribution in [-0.4, -0.2) is 24.4 Å². The lowest BCUT2D eigenvalue weighted by Crippen LogP contribution is -2.29. The summed E-state index contributed by atoms with van der Waals surface area (Å²) in [4.78, 5) is 13.8. The van der Waals surface area contributed by atoms with Crippen molar-refractivity contribution in [2.24, 2.45) is 5.92 Å². The molecule has 0 atom stereocenters. The molecule has 0 radical (unpaired) electrons. The summed E-state index contributed by atoms with van der Waals surface area (Å²) in [7, 11) is 1.89. The maximum absolute atomic E-state index is 11.9. The first kappa shape index (κ1) is 14.8. The minimum Gasteiger partial charge on any atom is -0.399 e. The third-order valence-electron chi connectivity index (χ3n) is 3.33. The monoisotopic (exact) mass is 268 g/mol. The van der Waals surface area contributed by atoms with Gasteiger partial charge in [0.25, 0.3) is 0 Å². The number of carbonyl (C=O) groups is 1. The Morgan fingerprint density at radius 3 is 2.50 bits per heavy atom. The Morgan fingerprint density at radius 2 is 1.94 bits per heavy atom. The molecule has 1 aromatic carbocycles. The lowest BCUT2D eigenvalue weighted by molar-refractivity contribution is -0.129. The van der Waals surface area contributed by atoms with E-state index in [2.05, 4.69) is 0 Å².